The van der Waals surface area contributed by atoms with Crippen molar-refractivity contribution in [1.82, 2.24) is 10.3 Å². The van der Waals surface area contributed by atoms with Crippen LogP contribution in [0.2, 0.25) is 0 Å². The predicted molar refractivity (Wildman–Crippen MR) is 63.2 cm³/mol. The van der Waals surface area contributed by atoms with Crippen molar-refractivity contribution in [2.75, 3.05) is 6.54 Å². The Hall–Kier alpha value is -1.13. The standard InChI is InChI=1S/C12H19N3O/c1-9(11-3-2-5-14-11)16-12-7-10(8-13)4-6-15-12/h4,6-7,9,11,14H,2-3,5,8,13H2,1H3. The van der Waals surface area contributed by atoms with Crippen molar-refractivity contribution in [3.8, 4) is 5.88 Å². The number of ether oxygens (including phenoxy) is 1. The molecule has 2 unspecified atom stereocenters. The van der Waals surface area contributed by atoms with Crippen molar-refractivity contribution >= 4 is 0 Å². The second kappa shape index (κ2) is 5.27. The second-order valence-corrected chi connectivity index (χ2v) is 4.23. The first-order valence-electron chi connectivity index (χ1n) is 5.84. The molecule has 0 bridgehead atoms. The zero-order valence-electron chi connectivity index (χ0n) is 9.65. The van der Waals surface area contributed by atoms with Gasteiger partial charge in [-0.1, -0.05) is 0 Å². The maximum absolute atomic E-state index is 5.81. The number of rotatable bonds is 4. The van der Waals surface area contributed by atoms with Gasteiger partial charge in [0, 0.05) is 24.8 Å². The summed E-state index contributed by atoms with van der Waals surface area (Å²) in [6.07, 6.45) is 4.31. The highest BCUT2D eigenvalue weighted by Gasteiger charge is 2.22. The van der Waals surface area contributed by atoms with E-state index in [4.69, 9.17) is 10.5 Å². The second-order valence-electron chi connectivity index (χ2n) is 4.23. The summed E-state index contributed by atoms with van der Waals surface area (Å²) in [5.41, 5.74) is 6.63. The Bertz CT molecular complexity index is 337. The molecule has 88 valence electrons. The average Bonchev–Trinajstić information content (AvgIpc) is 2.83. The van der Waals surface area contributed by atoms with Crippen LogP contribution < -0.4 is 15.8 Å². The van der Waals surface area contributed by atoms with E-state index in [2.05, 4.69) is 17.2 Å². The number of aromatic nitrogens is 1. The molecule has 1 aliphatic rings. The van der Waals surface area contributed by atoms with E-state index in [-0.39, 0.29) is 6.10 Å². The molecule has 1 saturated heterocycles. The third kappa shape index (κ3) is 2.71. The van der Waals surface area contributed by atoms with Gasteiger partial charge in [-0.2, -0.15) is 0 Å². The van der Waals surface area contributed by atoms with Crippen LogP contribution in [-0.4, -0.2) is 23.7 Å². The number of nitrogens with zero attached hydrogens (tertiary/aromatic N) is 1. The molecule has 1 aromatic rings. The first-order chi connectivity index (χ1) is 7.79. The number of nitrogens with one attached hydrogen (secondary N) is 1. The third-order valence-electron chi connectivity index (χ3n) is 3.01. The molecule has 3 N–H and O–H groups in total. The molecular formula is C12H19N3O. The smallest absolute Gasteiger partial charge is 0.213 e. The van der Waals surface area contributed by atoms with E-state index < -0.39 is 0 Å². The Morgan fingerprint density at radius 2 is 2.56 bits per heavy atom. The Balaban J connectivity index is 1.96. The molecule has 1 aromatic heterocycles. The summed E-state index contributed by atoms with van der Waals surface area (Å²) >= 11 is 0. The Morgan fingerprint density at radius 3 is 3.25 bits per heavy atom. The van der Waals surface area contributed by atoms with E-state index in [1.54, 1.807) is 6.20 Å². The van der Waals surface area contributed by atoms with E-state index in [9.17, 15) is 0 Å². The van der Waals surface area contributed by atoms with Crippen LogP contribution in [0.4, 0.5) is 0 Å². The van der Waals surface area contributed by atoms with E-state index in [0.717, 1.165) is 12.1 Å². The molecule has 16 heavy (non-hydrogen) atoms. The predicted octanol–water partition coefficient (Wildman–Crippen LogP) is 1.06. The maximum Gasteiger partial charge on any atom is 0.213 e. The van der Waals surface area contributed by atoms with Crippen molar-refractivity contribution < 1.29 is 4.74 Å². The topological polar surface area (TPSA) is 60.2 Å². The van der Waals surface area contributed by atoms with Gasteiger partial charge in [0.25, 0.3) is 0 Å². The lowest BCUT2D eigenvalue weighted by Crippen LogP contribution is -2.36. The van der Waals surface area contributed by atoms with Crippen LogP contribution in [0.15, 0.2) is 18.3 Å². The van der Waals surface area contributed by atoms with Crippen LogP contribution in [0.25, 0.3) is 0 Å². The summed E-state index contributed by atoms with van der Waals surface area (Å²) in [5.74, 6) is 0.671. The maximum atomic E-state index is 5.81. The first kappa shape index (κ1) is 11.4. The molecule has 0 aliphatic carbocycles. The number of hydrogen-bond acceptors (Lipinski definition) is 4. The van der Waals surface area contributed by atoms with Crippen molar-refractivity contribution in [3.63, 3.8) is 0 Å². The molecule has 1 aliphatic heterocycles. The van der Waals surface area contributed by atoms with Gasteiger partial charge >= 0.3 is 0 Å². The molecule has 0 radical (unpaired) electrons. The quantitative estimate of drug-likeness (QED) is 0.798. The van der Waals surface area contributed by atoms with Gasteiger partial charge in [0.05, 0.1) is 0 Å². The molecule has 0 spiro atoms. The van der Waals surface area contributed by atoms with Crippen LogP contribution >= 0.6 is 0 Å². The average molecular weight is 221 g/mol. The van der Waals surface area contributed by atoms with Crippen LogP contribution in [0.3, 0.4) is 0 Å². The minimum Gasteiger partial charge on any atom is -0.473 e. The van der Waals surface area contributed by atoms with Crippen LogP contribution in [-0.2, 0) is 6.54 Å². The lowest BCUT2D eigenvalue weighted by Gasteiger charge is -2.20. The zero-order valence-corrected chi connectivity index (χ0v) is 9.65. The molecule has 2 rings (SSSR count). The van der Waals surface area contributed by atoms with Gasteiger partial charge in [0.2, 0.25) is 5.88 Å². The van der Waals surface area contributed by atoms with Crippen molar-refractivity contribution in [3.05, 3.63) is 23.9 Å². The minimum atomic E-state index is 0.156. The fraction of sp³-hybridized carbons (Fsp3) is 0.583. The van der Waals surface area contributed by atoms with Gasteiger partial charge in [0.15, 0.2) is 0 Å². The van der Waals surface area contributed by atoms with E-state index in [1.165, 1.54) is 12.8 Å². The summed E-state index contributed by atoms with van der Waals surface area (Å²) in [4.78, 5) is 4.19. The Morgan fingerprint density at radius 1 is 1.69 bits per heavy atom. The molecule has 0 amide bonds. The van der Waals surface area contributed by atoms with Gasteiger partial charge in [-0.05, 0) is 37.9 Å². The lowest BCUT2D eigenvalue weighted by atomic mass is 10.1. The fourth-order valence-electron chi connectivity index (χ4n) is 2.03. The van der Waals surface area contributed by atoms with Gasteiger partial charge < -0.3 is 15.8 Å². The lowest BCUT2D eigenvalue weighted by molar-refractivity contribution is 0.172. The molecule has 0 aromatic carbocycles. The van der Waals surface area contributed by atoms with Gasteiger partial charge in [-0.15, -0.1) is 0 Å². The minimum absolute atomic E-state index is 0.156. The summed E-state index contributed by atoms with van der Waals surface area (Å²) in [7, 11) is 0. The normalized spacial score (nSPS) is 22.0. The van der Waals surface area contributed by atoms with Crippen molar-refractivity contribution in [1.29, 1.82) is 0 Å². The largest absolute Gasteiger partial charge is 0.473 e. The summed E-state index contributed by atoms with van der Waals surface area (Å²) in [5, 5.41) is 3.43. The number of hydrogen-bond donors (Lipinski definition) is 2. The van der Waals surface area contributed by atoms with E-state index in [0.29, 0.717) is 18.5 Å². The summed E-state index contributed by atoms with van der Waals surface area (Å²) in [6.45, 7) is 3.70. The summed E-state index contributed by atoms with van der Waals surface area (Å²) in [6, 6.07) is 4.26. The molecule has 0 saturated carbocycles. The highest BCUT2D eigenvalue weighted by molar-refractivity contribution is 5.20. The van der Waals surface area contributed by atoms with Gasteiger partial charge in [-0.3, -0.25) is 0 Å². The highest BCUT2D eigenvalue weighted by atomic mass is 16.5. The Kier molecular flexibility index (Phi) is 3.74. The molecule has 1 fully saturated rings. The summed E-state index contributed by atoms with van der Waals surface area (Å²) < 4.78 is 5.81. The SMILES string of the molecule is CC(Oc1cc(CN)ccn1)C1CCCN1. The van der Waals surface area contributed by atoms with Crippen LogP contribution in [0.5, 0.6) is 5.88 Å². The van der Waals surface area contributed by atoms with Gasteiger partial charge in [-0.25, -0.2) is 4.98 Å². The monoisotopic (exact) mass is 221 g/mol. The number of pyridine rings is 1. The van der Waals surface area contributed by atoms with Crippen molar-refractivity contribution in [2.45, 2.75) is 38.5 Å². The molecule has 2 atom stereocenters. The third-order valence-corrected chi connectivity index (χ3v) is 3.01. The van der Waals surface area contributed by atoms with Crippen LogP contribution in [0.1, 0.15) is 25.3 Å². The first-order valence-corrected chi connectivity index (χ1v) is 5.84. The Labute approximate surface area is 96.2 Å². The molecule has 4 heteroatoms. The van der Waals surface area contributed by atoms with Crippen LogP contribution in [0, 0.1) is 0 Å². The molecule has 4 nitrogen and oxygen atoms in total. The number of nitrogens with two attached hydrogens (primary N) is 1. The van der Waals surface area contributed by atoms with E-state index >= 15 is 0 Å². The molecular weight excluding hydrogens is 202 g/mol. The van der Waals surface area contributed by atoms with Crippen molar-refractivity contribution in [2.24, 2.45) is 5.73 Å². The van der Waals surface area contributed by atoms with E-state index in [1.807, 2.05) is 12.1 Å². The van der Waals surface area contributed by atoms with Gasteiger partial charge in [0.1, 0.15) is 6.10 Å². The highest BCUT2D eigenvalue weighted by Crippen LogP contribution is 2.16. The zero-order chi connectivity index (χ0) is 11.4. The molecule has 2 heterocycles. The fourth-order valence-corrected chi connectivity index (χ4v) is 2.03.